The maximum Gasteiger partial charge on any atom is 0.321 e. The van der Waals surface area contributed by atoms with Crippen molar-refractivity contribution in [1.29, 1.82) is 0 Å². The molecule has 0 aliphatic carbocycles. The lowest BCUT2D eigenvalue weighted by Crippen LogP contribution is -2.47. The molecule has 1 saturated heterocycles. The number of likely N-dealkylation sites (tertiary alicyclic amines) is 1. The first-order chi connectivity index (χ1) is 8.34. The highest BCUT2D eigenvalue weighted by Crippen LogP contribution is 2.28. The third kappa shape index (κ3) is 4.17. The number of amides is 1. The molecule has 0 aromatic carbocycles. The van der Waals surface area contributed by atoms with Crippen LogP contribution in [0, 0.1) is 0 Å². The summed E-state index contributed by atoms with van der Waals surface area (Å²) in [6.07, 6.45) is 3.31. The minimum absolute atomic E-state index is 0.0883. The number of carbonyl (C=O) groups is 2. The van der Waals surface area contributed by atoms with Crippen LogP contribution in [0.3, 0.4) is 0 Å². The molecule has 1 heterocycles. The molecule has 0 radical (unpaired) electrons. The van der Waals surface area contributed by atoms with Crippen molar-refractivity contribution < 1.29 is 14.7 Å². The van der Waals surface area contributed by atoms with Crippen LogP contribution in [-0.2, 0) is 9.59 Å². The summed E-state index contributed by atoms with van der Waals surface area (Å²) >= 11 is 1.32. The first-order valence-electron chi connectivity index (χ1n) is 6.24. The van der Waals surface area contributed by atoms with E-state index in [1.165, 1.54) is 18.2 Å². The van der Waals surface area contributed by atoms with Crippen LogP contribution >= 0.6 is 11.8 Å². The Kier molecular flexibility index (Phi) is 5.47. The molecule has 1 aliphatic heterocycles. The Morgan fingerprint density at radius 2 is 1.89 bits per heavy atom. The largest absolute Gasteiger partial charge is 0.480 e. The van der Waals surface area contributed by atoms with Crippen LogP contribution in [0.4, 0.5) is 0 Å². The number of carboxylic acid groups (broad SMARTS) is 1. The highest BCUT2D eigenvalue weighted by atomic mass is 32.2. The van der Waals surface area contributed by atoms with Gasteiger partial charge in [-0.2, -0.15) is 0 Å². The van der Waals surface area contributed by atoms with Gasteiger partial charge in [0.05, 0.1) is 5.75 Å². The number of carbonyl (C=O) groups excluding carboxylic acids is 1. The number of carboxylic acids is 1. The molecule has 1 rings (SSSR count). The number of nitrogens with two attached hydrogens (primary N) is 1. The molecule has 3 N–H and O–H groups in total. The predicted molar refractivity (Wildman–Crippen MR) is 72.6 cm³/mol. The smallest absolute Gasteiger partial charge is 0.321 e. The molecule has 0 aromatic rings. The van der Waals surface area contributed by atoms with Crippen LogP contribution in [0.25, 0.3) is 0 Å². The maximum atomic E-state index is 12.0. The molecule has 1 fully saturated rings. The molecule has 5 nitrogen and oxygen atoms in total. The maximum absolute atomic E-state index is 12.0. The minimum Gasteiger partial charge on any atom is -0.480 e. The molecule has 1 aliphatic rings. The quantitative estimate of drug-likeness (QED) is 0.779. The van der Waals surface area contributed by atoms with Gasteiger partial charge in [0.15, 0.2) is 0 Å². The molecule has 0 unspecified atom stereocenters. The molecule has 18 heavy (non-hydrogen) atoms. The van der Waals surface area contributed by atoms with Gasteiger partial charge >= 0.3 is 5.97 Å². The van der Waals surface area contributed by atoms with Gasteiger partial charge in [-0.25, -0.2) is 0 Å². The standard InChI is InChI=1S/C12H22N2O3S/c1-12(2,10(13)11(16)17)18-8-9(15)14-6-4-3-5-7-14/h10H,3-8,13H2,1-2H3,(H,16,17)/t10-/m1/s1. The van der Waals surface area contributed by atoms with E-state index in [1.54, 1.807) is 13.8 Å². The second-order valence-corrected chi connectivity index (χ2v) is 6.78. The predicted octanol–water partition coefficient (Wildman–Crippen LogP) is 0.923. The number of thioether (sulfide) groups is 1. The summed E-state index contributed by atoms with van der Waals surface area (Å²) in [5, 5.41) is 8.90. The lowest BCUT2D eigenvalue weighted by atomic mass is 10.1. The third-order valence-corrected chi connectivity index (χ3v) is 4.68. The zero-order chi connectivity index (χ0) is 13.8. The fraction of sp³-hybridized carbons (Fsp3) is 0.833. The van der Waals surface area contributed by atoms with E-state index in [2.05, 4.69) is 0 Å². The Labute approximate surface area is 112 Å². The van der Waals surface area contributed by atoms with E-state index in [0.29, 0.717) is 5.75 Å². The van der Waals surface area contributed by atoms with Crippen LogP contribution in [0.5, 0.6) is 0 Å². The zero-order valence-electron chi connectivity index (χ0n) is 11.0. The lowest BCUT2D eigenvalue weighted by molar-refractivity contribution is -0.139. The van der Waals surface area contributed by atoms with Gasteiger partial charge in [0.25, 0.3) is 0 Å². The molecule has 0 spiro atoms. The molecule has 104 valence electrons. The van der Waals surface area contributed by atoms with Crippen molar-refractivity contribution in [3.63, 3.8) is 0 Å². The average molecular weight is 274 g/mol. The fourth-order valence-electron chi connectivity index (χ4n) is 1.87. The van der Waals surface area contributed by atoms with E-state index < -0.39 is 16.8 Å². The van der Waals surface area contributed by atoms with E-state index in [-0.39, 0.29) is 5.91 Å². The number of hydrogen-bond donors (Lipinski definition) is 2. The summed E-state index contributed by atoms with van der Waals surface area (Å²) < 4.78 is -0.642. The summed E-state index contributed by atoms with van der Waals surface area (Å²) in [6, 6.07) is -0.961. The van der Waals surface area contributed by atoms with E-state index in [1.807, 2.05) is 4.90 Å². The molecular formula is C12H22N2O3S. The van der Waals surface area contributed by atoms with Crippen LogP contribution < -0.4 is 5.73 Å². The molecule has 1 amide bonds. The summed E-state index contributed by atoms with van der Waals surface area (Å²) in [7, 11) is 0. The minimum atomic E-state index is -1.03. The van der Waals surface area contributed by atoms with E-state index in [4.69, 9.17) is 10.8 Å². The number of piperidine rings is 1. The molecular weight excluding hydrogens is 252 g/mol. The lowest BCUT2D eigenvalue weighted by Gasteiger charge is -2.30. The Morgan fingerprint density at radius 3 is 2.39 bits per heavy atom. The van der Waals surface area contributed by atoms with Crippen molar-refractivity contribution in [2.75, 3.05) is 18.8 Å². The first-order valence-corrected chi connectivity index (χ1v) is 7.23. The highest BCUT2D eigenvalue weighted by molar-refractivity contribution is 8.01. The highest BCUT2D eigenvalue weighted by Gasteiger charge is 2.33. The van der Waals surface area contributed by atoms with Gasteiger partial charge in [0.1, 0.15) is 6.04 Å². The van der Waals surface area contributed by atoms with E-state index in [0.717, 1.165) is 25.9 Å². The first kappa shape index (κ1) is 15.3. The fourth-order valence-corrected chi connectivity index (χ4v) is 2.83. The normalized spacial score (nSPS) is 18.5. The van der Waals surface area contributed by atoms with Gasteiger partial charge in [-0.15, -0.1) is 11.8 Å². The van der Waals surface area contributed by atoms with Gasteiger partial charge < -0.3 is 15.7 Å². The summed E-state index contributed by atoms with van der Waals surface area (Å²) in [5.74, 6) is -0.642. The molecule has 0 aromatic heterocycles. The number of hydrogen-bond acceptors (Lipinski definition) is 4. The molecule has 6 heteroatoms. The van der Waals surface area contributed by atoms with Crippen LogP contribution in [-0.4, -0.2) is 51.5 Å². The Hall–Kier alpha value is -0.750. The Morgan fingerprint density at radius 1 is 1.33 bits per heavy atom. The number of nitrogens with zero attached hydrogens (tertiary/aromatic N) is 1. The van der Waals surface area contributed by atoms with Crippen molar-refractivity contribution in [2.24, 2.45) is 5.73 Å². The SMILES string of the molecule is CC(C)(SCC(=O)N1CCCCC1)[C@H](N)C(=O)O. The van der Waals surface area contributed by atoms with Gasteiger partial charge in [-0.3, -0.25) is 9.59 Å². The second-order valence-electron chi connectivity index (χ2n) is 5.15. The van der Waals surface area contributed by atoms with Gasteiger partial charge in [0, 0.05) is 17.8 Å². The van der Waals surface area contributed by atoms with Crippen molar-refractivity contribution in [2.45, 2.75) is 43.9 Å². The monoisotopic (exact) mass is 274 g/mol. The molecule has 0 bridgehead atoms. The zero-order valence-corrected chi connectivity index (χ0v) is 11.8. The Balaban J connectivity index is 2.43. The molecule has 1 atom stereocenters. The van der Waals surface area contributed by atoms with Crippen LogP contribution in [0.2, 0.25) is 0 Å². The van der Waals surface area contributed by atoms with Crippen molar-refractivity contribution >= 4 is 23.6 Å². The van der Waals surface area contributed by atoms with Crippen molar-refractivity contribution in [1.82, 2.24) is 4.90 Å². The van der Waals surface area contributed by atoms with Gasteiger partial charge in [0.2, 0.25) is 5.91 Å². The van der Waals surface area contributed by atoms with Crippen molar-refractivity contribution in [3.05, 3.63) is 0 Å². The third-order valence-electron chi connectivity index (χ3n) is 3.29. The number of rotatable bonds is 5. The summed E-state index contributed by atoms with van der Waals surface area (Å²) in [5.41, 5.74) is 5.61. The summed E-state index contributed by atoms with van der Waals surface area (Å²) in [6.45, 7) is 5.18. The topological polar surface area (TPSA) is 83.6 Å². The average Bonchev–Trinajstić information content (AvgIpc) is 2.36. The van der Waals surface area contributed by atoms with E-state index >= 15 is 0 Å². The van der Waals surface area contributed by atoms with Gasteiger partial charge in [-0.1, -0.05) is 0 Å². The van der Waals surface area contributed by atoms with Crippen LogP contribution in [0.1, 0.15) is 33.1 Å². The number of aliphatic carboxylic acids is 1. The van der Waals surface area contributed by atoms with Crippen molar-refractivity contribution in [3.8, 4) is 0 Å². The van der Waals surface area contributed by atoms with E-state index in [9.17, 15) is 9.59 Å². The Bertz CT molecular complexity index is 314. The van der Waals surface area contributed by atoms with Gasteiger partial charge in [-0.05, 0) is 33.1 Å². The second kappa shape index (κ2) is 6.43. The molecule has 0 saturated carbocycles. The summed E-state index contributed by atoms with van der Waals surface area (Å²) in [4.78, 5) is 24.7. The van der Waals surface area contributed by atoms with Crippen LogP contribution in [0.15, 0.2) is 0 Å².